The van der Waals surface area contributed by atoms with E-state index in [0.29, 0.717) is 17.2 Å². The topological polar surface area (TPSA) is 63.2 Å². The van der Waals surface area contributed by atoms with Crippen LogP contribution >= 0.6 is 11.8 Å². The highest BCUT2D eigenvalue weighted by Gasteiger charge is 2.17. The van der Waals surface area contributed by atoms with Crippen molar-refractivity contribution in [1.82, 2.24) is 4.90 Å². The van der Waals surface area contributed by atoms with Crippen molar-refractivity contribution in [2.75, 3.05) is 38.4 Å². The molecule has 0 unspecified atom stereocenters. The highest BCUT2D eigenvalue weighted by Crippen LogP contribution is 2.30. The highest BCUT2D eigenvalue weighted by molar-refractivity contribution is 8.14. The molecule has 1 saturated heterocycles. The van der Waals surface area contributed by atoms with Crippen LogP contribution in [0, 0.1) is 0 Å². The van der Waals surface area contributed by atoms with E-state index in [2.05, 4.69) is 10.2 Å². The number of nitrogens with zero attached hydrogens (tertiary/aromatic N) is 2. The summed E-state index contributed by atoms with van der Waals surface area (Å²) in [5.41, 5.74) is 1.58. The number of likely N-dealkylation sites (tertiary alicyclic amines) is 1. The molecule has 1 N–H and O–H groups in total. The van der Waals surface area contributed by atoms with Gasteiger partial charge in [0.15, 0.2) is 16.7 Å². The zero-order chi connectivity index (χ0) is 21.2. The minimum Gasteiger partial charge on any atom is -0.493 e. The van der Waals surface area contributed by atoms with Gasteiger partial charge < -0.3 is 19.7 Å². The van der Waals surface area contributed by atoms with E-state index in [9.17, 15) is 4.79 Å². The highest BCUT2D eigenvalue weighted by atomic mass is 32.2. The standard InChI is InChI=1S/C23H29N3O3S/c1-28-20-13-12-19(16-21(20)29-2)24-22(27)17-30-23(25-18-10-6-5-7-11-18)26-14-8-3-4-9-15-26/h5-7,10-13,16H,3-4,8-9,14-15,17H2,1-2H3,(H,24,27). The largest absolute Gasteiger partial charge is 0.493 e. The van der Waals surface area contributed by atoms with Gasteiger partial charge in [-0.15, -0.1) is 0 Å². The van der Waals surface area contributed by atoms with E-state index in [1.165, 1.54) is 24.6 Å². The van der Waals surface area contributed by atoms with E-state index >= 15 is 0 Å². The maximum Gasteiger partial charge on any atom is 0.234 e. The maximum absolute atomic E-state index is 12.6. The molecular formula is C23H29N3O3S. The molecule has 1 amide bonds. The summed E-state index contributed by atoms with van der Waals surface area (Å²) in [7, 11) is 3.16. The average molecular weight is 428 g/mol. The number of amidine groups is 1. The minimum absolute atomic E-state index is 0.0807. The molecule has 2 aromatic rings. The zero-order valence-corrected chi connectivity index (χ0v) is 18.4. The Balaban J connectivity index is 1.67. The van der Waals surface area contributed by atoms with Crippen molar-refractivity contribution in [3.63, 3.8) is 0 Å². The zero-order valence-electron chi connectivity index (χ0n) is 17.6. The number of thioether (sulfide) groups is 1. The summed E-state index contributed by atoms with van der Waals surface area (Å²) in [6, 6.07) is 15.3. The van der Waals surface area contributed by atoms with Crippen molar-refractivity contribution in [2.45, 2.75) is 25.7 Å². The summed E-state index contributed by atoms with van der Waals surface area (Å²) >= 11 is 1.49. The monoisotopic (exact) mass is 427 g/mol. The Labute approximate surface area is 182 Å². The van der Waals surface area contributed by atoms with Gasteiger partial charge in [0, 0.05) is 24.8 Å². The number of nitrogens with one attached hydrogen (secondary N) is 1. The summed E-state index contributed by atoms with van der Waals surface area (Å²) < 4.78 is 10.6. The average Bonchev–Trinajstić information content (AvgIpc) is 3.07. The Morgan fingerprint density at radius 3 is 2.37 bits per heavy atom. The van der Waals surface area contributed by atoms with Crippen LogP contribution in [0.2, 0.25) is 0 Å². The first kappa shape index (κ1) is 22.0. The van der Waals surface area contributed by atoms with Crippen molar-refractivity contribution < 1.29 is 14.3 Å². The van der Waals surface area contributed by atoms with Crippen molar-refractivity contribution in [3.05, 3.63) is 48.5 Å². The van der Waals surface area contributed by atoms with Crippen molar-refractivity contribution in [3.8, 4) is 11.5 Å². The number of carbonyl (C=O) groups excluding carboxylic acids is 1. The van der Waals surface area contributed by atoms with Crippen LogP contribution in [0.3, 0.4) is 0 Å². The molecule has 160 valence electrons. The third-order valence-corrected chi connectivity index (χ3v) is 5.87. The molecule has 30 heavy (non-hydrogen) atoms. The van der Waals surface area contributed by atoms with Crippen molar-refractivity contribution >= 4 is 34.2 Å². The second-order valence-electron chi connectivity index (χ2n) is 7.04. The molecule has 0 aromatic heterocycles. The smallest absolute Gasteiger partial charge is 0.234 e. The molecule has 0 bridgehead atoms. The fraction of sp³-hybridized carbons (Fsp3) is 0.391. The normalized spacial score (nSPS) is 14.7. The van der Waals surface area contributed by atoms with Gasteiger partial charge >= 0.3 is 0 Å². The van der Waals surface area contributed by atoms with Gasteiger partial charge in [0.1, 0.15) is 0 Å². The number of ether oxygens (including phenoxy) is 2. The number of hydrogen-bond acceptors (Lipinski definition) is 5. The molecule has 0 saturated carbocycles. The van der Waals surface area contributed by atoms with Crippen LogP contribution in [-0.4, -0.2) is 49.0 Å². The Morgan fingerprint density at radius 2 is 1.70 bits per heavy atom. The summed E-state index contributed by atoms with van der Waals surface area (Å²) in [4.78, 5) is 19.8. The quantitative estimate of drug-likeness (QED) is 0.523. The van der Waals surface area contributed by atoms with Gasteiger partial charge in [-0.2, -0.15) is 0 Å². The summed E-state index contributed by atoms with van der Waals surface area (Å²) in [6.07, 6.45) is 4.82. The van der Waals surface area contributed by atoms with Crippen molar-refractivity contribution in [1.29, 1.82) is 0 Å². The molecule has 7 heteroatoms. The van der Waals surface area contributed by atoms with Gasteiger partial charge in [-0.1, -0.05) is 42.8 Å². The lowest BCUT2D eigenvalue weighted by Crippen LogP contribution is -2.31. The lowest BCUT2D eigenvalue weighted by atomic mass is 10.2. The van der Waals surface area contributed by atoms with Crippen LogP contribution in [0.15, 0.2) is 53.5 Å². The van der Waals surface area contributed by atoms with Gasteiger partial charge in [-0.25, -0.2) is 4.99 Å². The first-order valence-electron chi connectivity index (χ1n) is 10.2. The number of benzene rings is 2. The van der Waals surface area contributed by atoms with Crippen molar-refractivity contribution in [2.24, 2.45) is 4.99 Å². The van der Waals surface area contributed by atoms with Crippen LogP contribution in [0.25, 0.3) is 0 Å². The van der Waals surface area contributed by atoms with E-state index in [1.54, 1.807) is 32.4 Å². The Hall–Kier alpha value is -2.67. The van der Waals surface area contributed by atoms with E-state index in [4.69, 9.17) is 14.5 Å². The summed E-state index contributed by atoms with van der Waals surface area (Å²) in [5.74, 6) is 1.42. The molecule has 1 aliphatic rings. The molecule has 0 spiro atoms. The molecule has 1 heterocycles. The Bertz CT molecular complexity index is 850. The van der Waals surface area contributed by atoms with E-state index in [0.717, 1.165) is 36.8 Å². The lowest BCUT2D eigenvalue weighted by Gasteiger charge is -2.23. The third kappa shape index (κ3) is 6.42. The number of rotatable bonds is 6. The number of anilines is 1. The first-order chi connectivity index (χ1) is 14.7. The molecule has 3 rings (SSSR count). The number of methoxy groups -OCH3 is 2. The SMILES string of the molecule is COc1ccc(NC(=O)CSC(=Nc2ccccc2)N2CCCCCC2)cc1OC. The third-order valence-electron chi connectivity index (χ3n) is 4.86. The predicted molar refractivity (Wildman–Crippen MR) is 124 cm³/mol. The second kappa shape index (κ2) is 11.5. The minimum atomic E-state index is -0.0807. The van der Waals surface area contributed by atoms with E-state index in [-0.39, 0.29) is 11.7 Å². The van der Waals surface area contributed by atoms with Gasteiger partial charge in [0.05, 0.1) is 25.7 Å². The fourth-order valence-corrected chi connectivity index (χ4v) is 4.18. The molecule has 1 fully saturated rings. The van der Waals surface area contributed by atoms with Gasteiger partial charge in [-0.3, -0.25) is 4.79 Å². The van der Waals surface area contributed by atoms with Crippen LogP contribution in [-0.2, 0) is 4.79 Å². The molecule has 0 radical (unpaired) electrons. The number of aliphatic imine (C=N–C) groups is 1. The number of hydrogen-bond donors (Lipinski definition) is 1. The molecule has 0 aliphatic carbocycles. The van der Waals surface area contributed by atoms with Gasteiger partial charge in [0.25, 0.3) is 0 Å². The van der Waals surface area contributed by atoms with Gasteiger partial charge in [0.2, 0.25) is 5.91 Å². The molecule has 6 nitrogen and oxygen atoms in total. The van der Waals surface area contributed by atoms with Gasteiger partial charge in [-0.05, 0) is 37.1 Å². The second-order valence-corrected chi connectivity index (χ2v) is 7.98. The predicted octanol–water partition coefficient (Wildman–Crippen LogP) is 4.94. The number of carbonyl (C=O) groups is 1. The Morgan fingerprint density at radius 1 is 1.00 bits per heavy atom. The summed E-state index contributed by atoms with van der Waals surface area (Å²) in [6.45, 7) is 1.96. The van der Waals surface area contributed by atoms with Crippen LogP contribution in [0.4, 0.5) is 11.4 Å². The molecule has 1 aliphatic heterocycles. The van der Waals surface area contributed by atoms with Crippen LogP contribution < -0.4 is 14.8 Å². The number of amides is 1. The van der Waals surface area contributed by atoms with E-state index in [1.807, 2.05) is 30.3 Å². The summed E-state index contributed by atoms with van der Waals surface area (Å²) in [5, 5.41) is 3.84. The first-order valence-corrected chi connectivity index (χ1v) is 11.2. The van der Waals surface area contributed by atoms with Crippen LogP contribution in [0.5, 0.6) is 11.5 Å². The van der Waals surface area contributed by atoms with Crippen LogP contribution in [0.1, 0.15) is 25.7 Å². The Kier molecular flexibility index (Phi) is 8.44. The lowest BCUT2D eigenvalue weighted by molar-refractivity contribution is -0.113. The number of para-hydroxylation sites is 1. The van der Waals surface area contributed by atoms with E-state index < -0.39 is 0 Å². The maximum atomic E-state index is 12.6. The molecular weight excluding hydrogens is 398 g/mol. The fourth-order valence-electron chi connectivity index (χ4n) is 3.31. The molecule has 0 atom stereocenters. The molecule has 2 aromatic carbocycles.